The Morgan fingerprint density at radius 3 is 2.73 bits per heavy atom. The zero-order chi connectivity index (χ0) is 10.9. The lowest BCUT2D eigenvalue weighted by molar-refractivity contribution is 0.0351. The number of aliphatic hydroxyl groups is 1. The van der Waals surface area contributed by atoms with E-state index in [-0.39, 0.29) is 0 Å². The van der Waals surface area contributed by atoms with Crippen LogP contribution in [0.15, 0.2) is 18.3 Å². The van der Waals surface area contributed by atoms with Crippen LogP contribution in [0, 0.1) is 0 Å². The van der Waals surface area contributed by atoms with Gasteiger partial charge in [-0.2, -0.15) is 0 Å². The maximum Gasteiger partial charge on any atom is 0.131 e. The Bertz CT molecular complexity index is 344. The molecule has 1 aromatic heterocycles. The van der Waals surface area contributed by atoms with Crippen LogP contribution in [0.25, 0.3) is 0 Å². The van der Waals surface area contributed by atoms with Crippen LogP contribution in [0.1, 0.15) is 19.8 Å². The smallest absolute Gasteiger partial charge is 0.131 e. The second-order valence-electron chi connectivity index (χ2n) is 4.32. The summed E-state index contributed by atoms with van der Waals surface area (Å²) in [6.07, 6.45) is 3.31. The highest BCUT2D eigenvalue weighted by Gasteiger charge is 2.27. The molecule has 0 spiro atoms. The maximum atomic E-state index is 9.83. The number of piperidine rings is 1. The van der Waals surface area contributed by atoms with Crippen molar-refractivity contribution in [2.75, 3.05) is 18.0 Å². The predicted octanol–water partition coefficient (Wildman–Crippen LogP) is 2.09. The molecule has 0 aliphatic carbocycles. The Kier molecular flexibility index (Phi) is 2.85. The van der Waals surface area contributed by atoms with Crippen LogP contribution >= 0.6 is 11.6 Å². The number of halogens is 1. The Hall–Kier alpha value is -0.800. The van der Waals surface area contributed by atoms with Gasteiger partial charge >= 0.3 is 0 Å². The molecule has 3 nitrogen and oxygen atoms in total. The molecule has 1 aliphatic rings. The Labute approximate surface area is 94.7 Å². The molecule has 0 aromatic carbocycles. The summed E-state index contributed by atoms with van der Waals surface area (Å²) in [6.45, 7) is 3.63. The summed E-state index contributed by atoms with van der Waals surface area (Å²) in [7, 11) is 0. The van der Waals surface area contributed by atoms with Gasteiger partial charge in [0, 0.05) is 25.0 Å². The Balaban J connectivity index is 2.08. The monoisotopic (exact) mass is 226 g/mol. The van der Waals surface area contributed by atoms with E-state index in [1.165, 1.54) is 0 Å². The van der Waals surface area contributed by atoms with E-state index in [0.29, 0.717) is 5.15 Å². The Morgan fingerprint density at radius 2 is 2.13 bits per heavy atom. The van der Waals surface area contributed by atoms with Crippen molar-refractivity contribution in [3.05, 3.63) is 23.5 Å². The molecule has 0 unspecified atom stereocenters. The summed E-state index contributed by atoms with van der Waals surface area (Å²) in [4.78, 5) is 6.18. The van der Waals surface area contributed by atoms with Crippen molar-refractivity contribution in [2.45, 2.75) is 25.4 Å². The van der Waals surface area contributed by atoms with Gasteiger partial charge in [-0.15, -0.1) is 0 Å². The van der Waals surface area contributed by atoms with Crippen LogP contribution in [-0.4, -0.2) is 28.8 Å². The van der Waals surface area contributed by atoms with Crippen LogP contribution in [-0.2, 0) is 0 Å². The summed E-state index contributed by atoms with van der Waals surface area (Å²) in [6, 6.07) is 3.81. The number of nitrogens with zero attached hydrogens (tertiary/aromatic N) is 2. The third kappa shape index (κ3) is 2.61. The molecular formula is C11H15ClN2O. The second-order valence-corrected chi connectivity index (χ2v) is 4.71. The van der Waals surface area contributed by atoms with Crippen LogP contribution in [0.2, 0.25) is 5.15 Å². The van der Waals surface area contributed by atoms with Crippen molar-refractivity contribution in [3.8, 4) is 0 Å². The maximum absolute atomic E-state index is 9.83. The number of anilines is 1. The molecule has 0 bridgehead atoms. The third-order valence-corrected chi connectivity index (χ3v) is 3.12. The van der Waals surface area contributed by atoms with Gasteiger partial charge < -0.3 is 10.0 Å². The van der Waals surface area contributed by atoms with Crippen molar-refractivity contribution in [1.29, 1.82) is 0 Å². The number of rotatable bonds is 1. The topological polar surface area (TPSA) is 36.4 Å². The first kappa shape index (κ1) is 10.7. The van der Waals surface area contributed by atoms with E-state index in [2.05, 4.69) is 9.88 Å². The van der Waals surface area contributed by atoms with Crippen molar-refractivity contribution >= 4 is 17.3 Å². The first-order valence-electron chi connectivity index (χ1n) is 5.16. The molecule has 82 valence electrons. The Morgan fingerprint density at radius 1 is 1.47 bits per heavy atom. The molecule has 2 rings (SSSR count). The summed E-state index contributed by atoms with van der Waals surface area (Å²) in [5.41, 5.74) is 0.582. The average Bonchev–Trinajstić information content (AvgIpc) is 2.17. The highest BCUT2D eigenvalue weighted by molar-refractivity contribution is 6.29. The molecule has 4 heteroatoms. The largest absolute Gasteiger partial charge is 0.390 e. The first-order valence-corrected chi connectivity index (χ1v) is 5.53. The fourth-order valence-corrected chi connectivity index (χ4v) is 2.00. The molecule has 2 heterocycles. The molecule has 1 aromatic rings. The second kappa shape index (κ2) is 3.99. The van der Waals surface area contributed by atoms with E-state index in [0.717, 1.165) is 31.6 Å². The van der Waals surface area contributed by atoms with Gasteiger partial charge in [0.1, 0.15) is 5.15 Å². The van der Waals surface area contributed by atoms with Gasteiger partial charge in [0.2, 0.25) is 0 Å². The lowest BCUT2D eigenvalue weighted by Gasteiger charge is -2.37. The van der Waals surface area contributed by atoms with E-state index in [9.17, 15) is 5.11 Å². The third-order valence-electron chi connectivity index (χ3n) is 2.92. The van der Waals surface area contributed by atoms with Gasteiger partial charge in [0.25, 0.3) is 0 Å². The highest BCUT2D eigenvalue weighted by Crippen LogP contribution is 2.26. The van der Waals surface area contributed by atoms with E-state index < -0.39 is 5.60 Å². The highest BCUT2D eigenvalue weighted by atomic mass is 35.5. The number of aromatic nitrogens is 1. The fraction of sp³-hybridized carbons (Fsp3) is 0.545. The summed E-state index contributed by atoms with van der Waals surface area (Å²) < 4.78 is 0. The molecule has 1 saturated heterocycles. The molecule has 15 heavy (non-hydrogen) atoms. The van der Waals surface area contributed by atoms with Crippen LogP contribution < -0.4 is 4.90 Å². The zero-order valence-electron chi connectivity index (χ0n) is 8.78. The van der Waals surface area contributed by atoms with E-state index >= 15 is 0 Å². The van der Waals surface area contributed by atoms with Gasteiger partial charge in [-0.1, -0.05) is 11.6 Å². The zero-order valence-corrected chi connectivity index (χ0v) is 9.54. The van der Waals surface area contributed by atoms with E-state index in [4.69, 9.17) is 11.6 Å². The van der Waals surface area contributed by atoms with Crippen molar-refractivity contribution in [1.82, 2.24) is 4.98 Å². The number of hydrogen-bond donors (Lipinski definition) is 1. The lowest BCUT2D eigenvalue weighted by Crippen LogP contribution is -2.42. The summed E-state index contributed by atoms with van der Waals surface area (Å²) in [5.74, 6) is 0. The SMILES string of the molecule is CC1(O)CCN(c2ccnc(Cl)c2)CC1. The summed E-state index contributed by atoms with van der Waals surface area (Å²) in [5, 5.41) is 10.3. The first-order chi connectivity index (χ1) is 7.07. The predicted molar refractivity (Wildman–Crippen MR) is 61.3 cm³/mol. The molecule has 0 radical (unpaired) electrons. The lowest BCUT2D eigenvalue weighted by atomic mass is 9.93. The standard InChI is InChI=1S/C11H15ClN2O/c1-11(15)3-6-14(7-4-11)9-2-5-13-10(12)8-9/h2,5,8,15H,3-4,6-7H2,1H3. The fourth-order valence-electron chi connectivity index (χ4n) is 1.84. The summed E-state index contributed by atoms with van der Waals surface area (Å²) >= 11 is 5.83. The molecular weight excluding hydrogens is 212 g/mol. The molecule has 1 fully saturated rings. The van der Waals surface area contributed by atoms with Crippen molar-refractivity contribution in [3.63, 3.8) is 0 Å². The van der Waals surface area contributed by atoms with E-state index in [1.807, 2.05) is 19.1 Å². The van der Waals surface area contributed by atoms with Crippen molar-refractivity contribution < 1.29 is 5.11 Å². The minimum atomic E-state index is -0.507. The normalized spacial score (nSPS) is 20.3. The molecule has 0 saturated carbocycles. The van der Waals surface area contributed by atoms with Gasteiger partial charge in [0.05, 0.1) is 5.60 Å². The van der Waals surface area contributed by atoms with E-state index in [1.54, 1.807) is 6.20 Å². The quantitative estimate of drug-likeness (QED) is 0.745. The van der Waals surface area contributed by atoms with Crippen LogP contribution in [0.3, 0.4) is 0 Å². The minimum absolute atomic E-state index is 0.507. The molecule has 0 amide bonds. The van der Waals surface area contributed by atoms with Crippen molar-refractivity contribution in [2.24, 2.45) is 0 Å². The van der Waals surface area contributed by atoms with Gasteiger partial charge in [0.15, 0.2) is 0 Å². The molecule has 0 atom stereocenters. The average molecular weight is 227 g/mol. The number of pyridine rings is 1. The minimum Gasteiger partial charge on any atom is -0.390 e. The molecule has 1 N–H and O–H groups in total. The molecule has 1 aliphatic heterocycles. The van der Waals surface area contributed by atoms with Gasteiger partial charge in [-0.05, 0) is 31.9 Å². The van der Waals surface area contributed by atoms with Gasteiger partial charge in [-0.25, -0.2) is 4.98 Å². The van der Waals surface area contributed by atoms with Gasteiger partial charge in [-0.3, -0.25) is 0 Å². The number of hydrogen-bond acceptors (Lipinski definition) is 3. The van der Waals surface area contributed by atoms with Crippen LogP contribution in [0.5, 0.6) is 0 Å². The van der Waals surface area contributed by atoms with Crippen LogP contribution in [0.4, 0.5) is 5.69 Å².